The minimum atomic E-state index is -3.73. The molecule has 9 nitrogen and oxygen atoms in total. The Morgan fingerprint density at radius 2 is 1.64 bits per heavy atom. The van der Waals surface area contributed by atoms with E-state index < -0.39 is 14.9 Å². The second-order valence-corrected chi connectivity index (χ2v) is 10.5. The fourth-order valence-corrected chi connectivity index (χ4v) is 4.47. The van der Waals surface area contributed by atoms with Gasteiger partial charge in [-0.05, 0) is 67.3 Å². The molecule has 0 saturated carbocycles. The molecule has 1 N–H and O–H groups in total. The summed E-state index contributed by atoms with van der Waals surface area (Å²) < 4.78 is 31.8. The summed E-state index contributed by atoms with van der Waals surface area (Å²) in [4.78, 5) is 23.1. The van der Waals surface area contributed by atoms with E-state index in [0.717, 1.165) is 21.9 Å². The van der Waals surface area contributed by atoms with Gasteiger partial charge in [0, 0.05) is 17.7 Å². The predicted molar refractivity (Wildman–Crippen MR) is 139 cm³/mol. The van der Waals surface area contributed by atoms with Gasteiger partial charge in [0.25, 0.3) is 11.6 Å². The number of nitrogens with one attached hydrogen (secondary N) is 1. The van der Waals surface area contributed by atoms with E-state index in [4.69, 9.17) is 4.74 Å². The molecule has 0 radical (unpaired) electrons. The van der Waals surface area contributed by atoms with Crippen molar-refractivity contribution in [1.82, 2.24) is 5.32 Å². The summed E-state index contributed by atoms with van der Waals surface area (Å²) in [5.74, 6) is 0.464. The maximum Gasteiger partial charge on any atom is 0.271 e. The number of rotatable bonds is 10. The van der Waals surface area contributed by atoms with Gasteiger partial charge in [-0.2, -0.15) is 0 Å². The average molecular weight is 512 g/mol. The molecule has 0 atom stereocenters. The molecule has 0 aliphatic carbocycles. The number of sulfonamides is 1. The monoisotopic (exact) mass is 511 g/mol. The fourth-order valence-electron chi connectivity index (χ4n) is 3.53. The van der Waals surface area contributed by atoms with E-state index in [2.05, 4.69) is 5.32 Å². The Kier molecular flexibility index (Phi) is 8.31. The van der Waals surface area contributed by atoms with Gasteiger partial charge in [-0.3, -0.25) is 19.2 Å². The molecule has 36 heavy (non-hydrogen) atoms. The lowest BCUT2D eigenvalue weighted by atomic mass is 10.1. The van der Waals surface area contributed by atoms with Gasteiger partial charge in [0.05, 0.1) is 30.0 Å². The van der Waals surface area contributed by atoms with Crippen LogP contribution in [0.15, 0.2) is 60.7 Å². The molecular weight excluding hydrogens is 482 g/mol. The van der Waals surface area contributed by atoms with Crippen molar-refractivity contribution in [2.45, 2.75) is 27.3 Å². The van der Waals surface area contributed by atoms with Gasteiger partial charge in [0.1, 0.15) is 12.4 Å². The third-order valence-electron chi connectivity index (χ3n) is 5.75. The van der Waals surface area contributed by atoms with E-state index in [1.807, 2.05) is 32.0 Å². The van der Waals surface area contributed by atoms with Gasteiger partial charge in [-0.15, -0.1) is 0 Å². The SMILES string of the molecule is Cc1ccc(OCCNC(=O)c2ccc(CN(c3cc([N+](=O)[O-])ccc3C)S(C)(=O)=O)cc2)cc1C. The number of amides is 1. The molecule has 190 valence electrons. The number of nitro groups is 1. The first kappa shape index (κ1) is 26.7. The van der Waals surface area contributed by atoms with Crippen LogP contribution in [-0.2, 0) is 16.6 Å². The summed E-state index contributed by atoms with van der Waals surface area (Å²) in [7, 11) is -3.73. The first-order valence-electron chi connectivity index (χ1n) is 11.3. The zero-order valence-corrected chi connectivity index (χ0v) is 21.5. The first-order chi connectivity index (χ1) is 17.0. The van der Waals surface area contributed by atoms with Crippen LogP contribution >= 0.6 is 0 Å². The molecule has 10 heteroatoms. The quantitative estimate of drug-likeness (QED) is 0.246. The van der Waals surface area contributed by atoms with Crippen molar-refractivity contribution in [3.63, 3.8) is 0 Å². The van der Waals surface area contributed by atoms with E-state index in [-0.39, 0.29) is 23.8 Å². The third kappa shape index (κ3) is 6.82. The molecule has 3 rings (SSSR count). The molecule has 3 aromatic carbocycles. The van der Waals surface area contributed by atoms with E-state index in [1.165, 1.54) is 23.8 Å². The van der Waals surface area contributed by atoms with Crippen LogP contribution in [0.4, 0.5) is 11.4 Å². The lowest BCUT2D eigenvalue weighted by molar-refractivity contribution is -0.384. The number of nitrogens with zero attached hydrogens (tertiary/aromatic N) is 2. The van der Waals surface area contributed by atoms with Crippen molar-refractivity contribution in [2.24, 2.45) is 0 Å². The number of hydrogen-bond acceptors (Lipinski definition) is 6. The smallest absolute Gasteiger partial charge is 0.271 e. The van der Waals surface area contributed by atoms with Crippen molar-refractivity contribution in [3.05, 3.63) is 98.6 Å². The van der Waals surface area contributed by atoms with Crippen LogP contribution in [0.5, 0.6) is 5.75 Å². The Bertz CT molecular complexity index is 1370. The summed E-state index contributed by atoms with van der Waals surface area (Å²) in [6.07, 6.45) is 1.05. The number of carbonyl (C=O) groups is 1. The zero-order valence-electron chi connectivity index (χ0n) is 20.6. The van der Waals surface area contributed by atoms with Gasteiger partial charge < -0.3 is 10.1 Å². The van der Waals surface area contributed by atoms with Gasteiger partial charge in [-0.25, -0.2) is 8.42 Å². The summed E-state index contributed by atoms with van der Waals surface area (Å²) in [6, 6.07) is 16.4. The number of non-ortho nitro benzene ring substituents is 1. The lowest BCUT2D eigenvalue weighted by Gasteiger charge is -2.24. The van der Waals surface area contributed by atoms with Crippen LogP contribution in [0.25, 0.3) is 0 Å². The molecule has 0 fully saturated rings. The fraction of sp³-hybridized carbons (Fsp3) is 0.269. The van der Waals surface area contributed by atoms with Crippen LogP contribution in [-0.4, -0.2) is 38.7 Å². The number of aryl methyl sites for hydroxylation is 3. The van der Waals surface area contributed by atoms with Crippen molar-refractivity contribution >= 4 is 27.3 Å². The van der Waals surface area contributed by atoms with E-state index in [9.17, 15) is 23.3 Å². The highest BCUT2D eigenvalue weighted by molar-refractivity contribution is 7.92. The van der Waals surface area contributed by atoms with E-state index in [1.54, 1.807) is 31.2 Å². The van der Waals surface area contributed by atoms with Gasteiger partial charge in [0.2, 0.25) is 10.0 Å². The molecule has 3 aromatic rings. The number of ether oxygens (including phenoxy) is 1. The second-order valence-electron chi connectivity index (χ2n) is 8.54. The maximum absolute atomic E-state index is 12.5. The summed E-state index contributed by atoms with van der Waals surface area (Å²) in [5, 5.41) is 14.0. The van der Waals surface area contributed by atoms with Crippen LogP contribution in [0.3, 0.4) is 0 Å². The first-order valence-corrected chi connectivity index (χ1v) is 13.1. The molecule has 0 aromatic heterocycles. The van der Waals surface area contributed by atoms with Crippen molar-refractivity contribution in [3.8, 4) is 5.75 Å². The Labute approximate surface area is 210 Å². The van der Waals surface area contributed by atoms with Gasteiger partial charge in [0.15, 0.2) is 0 Å². The minimum absolute atomic E-state index is 0.0352. The van der Waals surface area contributed by atoms with Crippen molar-refractivity contribution in [2.75, 3.05) is 23.7 Å². The molecule has 0 saturated heterocycles. The topological polar surface area (TPSA) is 119 Å². The molecule has 0 aliphatic heterocycles. The molecule has 0 unspecified atom stereocenters. The Balaban J connectivity index is 1.64. The Morgan fingerprint density at radius 3 is 2.25 bits per heavy atom. The van der Waals surface area contributed by atoms with Crippen LogP contribution in [0, 0.1) is 30.9 Å². The predicted octanol–water partition coefficient (Wildman–Crippen LogP) is 4.30. The van der Waals surface area contributed by atoms with Gasteiger partial charge >= 0.3 is 0 Å². The minimum Gasteiger partial charge on any atom is -0.492 e. The number of carbonyl (C=O) groups excluding carboxylic acids is 1. The van der Waals surface area contributed by atoms with Crippen LogP contribution in [0.2, 0.25) is 0 Å². The largest absolute Gasteiger partial charge is 0.492 e. The highest BCUT2D eigenvalue weighted by Crippen LogP contribution is 2.29. The van der Waals surface area contributed by atoms with E-state index >= 15 is 0 Å². The van der Waals surface area contributed by atoms with Gasteiger partial charge in [-0.1, -0.05) is 24.3 Å². The normalized spacial score (nSPS) is 11.1. The number of benzene rings is 3. The second kappa shape index (κ2) is 11.2. The third-order valence-corrected chi connectivity index (χ3v) is 6.88. The molecule has 1 amide bonds. The number of hydrogen-bond donors (Lipinski definition) is 1. The highest BCUT2D eigenvalue weighted by Gasteiger charge is 2.22. The molecule has 0 heterocycles. The molecule has 0 bridgehead atoms. The van der Waals surface area contributed by atoms with Crippen molar-refractivity contribution in [1.29, 1.82) is 0 Å². The highest BCUT2D eigenvalue weighted by atomic mass is 32.2. The molecule has 0 aliphatic rings. The standard InChI is InChI=1S/C26H29N3O6S/c1-18-6-12-24(15-20(18)3)35-14-13-27-26(30)22-9-7-21(8-10-22)17-28(36(4,33)34)25-16-23(29(31)32)11-5-19(25)2/h5-12,15-16H,13-14,17H2,1-4H3,(H,27,30). The van der Waals surface area contributed by atoms with Crippen LogP contribution in [0.1, 0.15) is 32.6 Å². The van der Waals surface area contributed by atoms with Crippen LogP contribution < -0.4 is 14.4 Å². The molecular formula is C26H29N3O6S. The molecule has 0 spiro atoms. The zero-order chi connectivity index (χ0) is 26.5. The summed E-state index contributed by atoms with van der Waals surface area (Å²) in [5.41, 5.74) is 3.98. The average Bonchev–Trinajstić information content (AvgIpc) is 2.82. The summed E-state index contributed by atoms with van der Waals surface area (Å²) >= 11 is 0. The Hall–Kier alpha value is -3.92. The van der Waals surface area contributed by atoms with Crippen molar-refractivity contribution < 1.29 is 22.9 Å². The lowest BCUT2D eigenvalue weighted by Crippen LogP contribution is -2.30. The maximum atomic E-state index is 12.5. The number of nitro benzene ring substituents is 1. The summed E-state index contributed by atoms with van der Waals surface area (Å²) in [6.45, 7) is 6.33. The number of anilines is 1. The van der Waals surface area contributed by atoms with E-state index in [0.29, 0.717) is 29.8 Å². The Morgan fingerprint density at radius 1 is 0.972 bits per heavy atom.